The van der Waals surface area contributed by atoms with E-state index in [0.717, 1.165) is 12.8 Å². The van der Waals surface area contributed by atoms with Crippen molar-refractivity contribution in [3.8, 4) is 0 Å². The van der Waals surface area contributed by atoms with E-state index in [4.69, 9.17) is 14.9 Å². The summed E-state index contributed by atoms with van der Waals surface area (Å²) in [7, 11) is 0. The van der Waals surface area contributed by atoms with Gasteiger partial charge in [0.2, 0.25) is 0 Å². The van der Waals surface area contributed by atoms with Crippen molar-refractivity contribution in [2.45, 2.75) is 38.8 Å². The lowest BCUT2D eigenvalue weighted by atomic mass is 10.0. The Balaban J connectivity index is 1.56. The predicted molar refractivity (Wildman–Crippen MR) is 89.9 cm³/mol. The Morgan fingerprint density at radius 1 is 1.33 bits per heavy atom. The van der Waals surface area contributed by atoms with Gasteiger partial charge in [0.05, 0.1) is 6.04 Å². The molecule has 0 saturated heterocycles. The van der Waals surface area contributed by atoms with Gasteiger partial charge in [-0.05, 0) is 44.4 Å². The zero-order valence-electron chi connectivity index (χ0n) is 13.7. The maximum Gasteiger partial charge on any atom is 0.282 e. The van der Waals surface area contributed by atoms with Crippen molar-refractivity contribution in [2.75, 3.05) is 5.32 Å². The van der Waals surface area contributed by atoms with Gasteiger partial charge in [0.1, 0.15) is 11.9 Å². The number of amides is 1. The second kappa shape index (κ2) is 6.74. The van der Waals surface area contributed by atoms with Gasteiger partial charge in [-0.2, -0.15) is 0 Å². The molecule has 24 heavy (non-hydrogen) atoms. The third-order valence-electron chi connectivity index (χ3n) is 4.04. The van der Waals surface area contributed by atoms with Crippen molar-refractivity contribution in [3.05, 3.63) is 47.7 Å². The van der Waals surface area contributed by atoms with Gasteiger partial charge in [-0.15, -0.1) is 0 Å². The second-order valence-electron chi connectivity index (χ2n) is 5.80. The van der Waals surface area contributed by atoms with E-state index >= 15 is 0 Å². The maximum atomic E-state index is 12.1. The lowest BCUT2D eigenvalue weighted by Gasteiger charge is -2.12. The van der Waals surface area contributed by atoms with Gasteiger partial charge in [-0.3, -0.25) is 4.79 Å². The topological polar surface area (TPSA) is 103 Å². The monoisotopic (exact) mass is 328 g/mol. The van der Waals surface area contributed by atoms with Gasteiger partial charge in [0.25, 0.3) is 11.9 Å². The van der Waals surface area contributed by atoms with Crippen LogP contribution in [0.1, 0.15) is 35.2 Å². The van der Waals surface area contributed by atoms with Crippen LogP contribution < -0.4 is 11.1 Å². The third-order valence-corrected chi connectivity index (χ3v) is 4.04. The number of nitrogens with two attached hydrogens (primary N) is 1. The number of oxazole rings is 1. The first-order valence-electron chi connectivity index (χ1n) is 7.83. The number of aryl methyl sites for hydroxylation is 2. The molecule has 0 saturated carbocycles. The number of carbonyl (C=O) groups is 1. The summed E-state index contributed by atoms with van der Waals surface area (Å²) in [5.41, 5.74) is 7.75. The molecule has 0 unspecified atom stereocenters. The minimum Gasteiger partial charge on any atom is -0.460 e. The molecule has 7 nitrogen and oxygen atoms in total. The van der Waals surface area contributed by atoms with Crippen LogP contribution in [-0.2, 0) is 11.2 Å². The number of rotatable bonds is 5. The molecule has 2 atom stereocenters. The third kappa shape index (κ3) is 3.56. The molecule has 1 aromatic heterocycles. The lowest BCUT2D eigenvalue weighted by molar-refractivity contribution is 0.102. The van der Waals surface area contributed by atoms with Crippen LogP contribution in [0.2, 0.25) is 0 Å². The Kier molecular flexibility index (Phi) is 4.50. The van der Waals surface area contributed by atoms with E-state index in [0.29, 0.717) is 17.1 Å². The average molecular weight is 328 g/mol. The normalized spacial score (nSPS) is 19.7. The summed E-state index contributed by atoms with van der Waals surface area (Å²) in [5.74, 6) is 0.215. The van der Waals surface area contributed by atoms with Crippen LogP contribution in [0, 0.1) is 6.92 Å². The molecule has 2 heterocycles. The zero-order valence-corrected chi connectivity index (χ0v) is 13.7. The fraction of sp³-hybridized carbons (Fsp3) is 0.353. The van der Waals surface area contributed by atoms with Gasteiger partial charge in [0.15, 0.2) is 12.1 Å². The molecule has 1 amide bonds. The van der Waals surface area contributed by atoms with Crippen LogP contribution in [0.5, 0.6) is 0 Å². The van der Waals surface area contributed by atoms with Gasteiger partial charge in [-0.25, -0.2) is 9.98 Å². The van der Waals surface area contributed by atoms with Crippen molar-refractivity contribution >= 4 is 17.6 Å². The van der Waals surface area contributed by atoms with E-state index in [1.54, 1.807) is 6.92 Å². The number of aromatic nitrogens is 1. The Morgan fingerprint density at radius 2 is 2.08 bits per heavy atom. The second-order valence-corrected chi connectivity index (χ2v) is 5.80. The number of anilines is 1. The number of nitrogens with one attached hydrogen (secondary N) is 1. The molecule has 1 aliphatic heterocycles. The van der Waals surface area contributed by atoms with Gasteiger partial charge in [0, 0.05) is 5.69 Å². The van der Waals surface area contributed by atoms with Crippen molar-refractivity contribution < 1.29 is 13.9 Å². The molecule has 3 rings (SSSR count). The average Bonchev–Trinajstić information content (AvgIpc) is 3.11. The first-order chi connectivity index (χ1) is 11.5. The first-order valence-corrected chi connectivity index (χ1v) is 7.83. The zero-order chi connectivity index (χ0) is 17.1. The molecule has 0 radical (unpaired) electrons. The highest BCUT2D eigenvalue weighted by molar-refractivity contribution is 6.03. The quantitative estimate of drug-likeness (QED) is 0.876. The molecular formula is C17H20N4O3. The number of aliphatic imine (C=N–C) groups is 1. The van der Waals surface area contributed by atoms with E-state index in [2.05, 4.69) is 15.3 Å². The van der Waals surface area contributed by atoms with Gasteiger partial charge in [-0.1, -0.05) is 12.1 Å². The number of ether oxygens (including phenoxy) is 1. The van der Waals surface area contributed by atoms with Crippen molar-refractivity contribution in [1.82, 2.24) is 4.98 Å². The van der Waals surface area contributed by atoms with Crippen LogP contribution in [0.4, 0.5) is 5.69 Å². The van der Waals surface area contributed by atoms with Crippen LogP contribution in [0.25, 0.3) is 0 Å². The summed E-state index contributed by atoms with van der Waals surface area (Å²) in [6.45, 7) is 3.67. The Morgan fingerprint density at radius 3 is 2.67 bits per heavy atom. The van der Waals surface area contributed by atoms with Crippen LogP contribution >= 0.6 is 0 Å². The molecule has 0 aliphatic carbocycles. The molecule has 0 bridgehead atoms. The lowest BCUT2D eigenvalue weighted by Crippen LogP contribution is -2.20. The summed E-state index contributed by atoms with van der Waals surface area (Å²) in [6.07, 6.45) is 3.02. The smallest absolute Gasteiger partial charge is 0.282 e. The summed E-state index contributed by atoms with van der Waals surface area (Å²) in [4.78, 5) is 20.3. The van der Waals surface area contributed by atoms with E-state index in [1.165, 1.54) is 12.0 Å². The summed E-state index contributed by atoms with van der Waals surface area (Å²) in [6, 6.07) is 8.08. The number of carbonyl (C=O) groups excluding carboxylic acids is 1. The molecule has 126 valence electrons. The van der Waals surface area contributed by atoms with Gasteiger partial charge < -0.3 is 20.2 Å². The standard InChI is InChI=1S/C17H20N4O3/c1-10-14(21-17(18)24-10)8-5-12-3-6-13(7-4-12)20-16(22)15-11(2)23-9-19-15/h3-4,6-7,9-10,14H,5,8H2,1-2H3,(H2,18,21)(H,20,22)/t10-,14-/m0/s1. The van der Waals surface area contributed by atoms with Crippen molar-refractivity contribution in [2.24, 2.45) is 10.7 Å². The van der Waals surface area contributed by atoms with Crippen molar-refractivity contribution in [1.29, 1.82) is 0 Å². The minimum absolute atomic E-state index is 0.0225. The number of hydrogen-bond acceptors (Lipinski definition) is 6. The number of hydrogen-bond donors (Lipinski definition) is 2. The van der Waals surface area contributed by atoms with E-state index < -0.39 is 0 Å². The molecule has 0 spiro atoms. The number of nitrogens with zero attached hydrogens (tertiary/aromatic N) is 2. The van der Waals surface area contributed by atoms with Crippen LogP contribution in [0.3, 0.4) is 0 Å². The van der Waals surface area contributed by atoms with Crippen LogP contribution in [-0.4, -0.2) is 29.1 Å². The Bertz CT molecular complexity index is 751. The molecule has 1 aromatic carbocycles. The SMILES string of the molecule is Cc1ocnc1C(=O)Nc1ccc(CC[C@@H]2N=C(N)O[C@H]2C)cc1. The van der Waals surface area contributed by atoms with Crippen LogP contribution in [0.15, 0.2) is 40.1 Å². The molecule has 2 aromatic rings. The van der Waals surface area contributed by atoms with E-state index in [9.17, 15) is 4.79 Å². The molecule has 1 aliphatic rings. The summed E-state index contributed by atoms with van der Waals surface area (Å²) < 4.78 is 10.4. The first kappa shape index (κ1) is 16.0. The highest BCUT2D eigenvalue weighted by Crippen LogP contribution is 2.19. The summed E-state index contributed by atoms with van der Waals surface area (Å²) in [5, 5.41) is 2.80. The molecule has 7 heteroatoms. The predicted octanol–water partition coefficient (Wildman–Crippen LogP) is 2.27. The Hall–Kier alpha value is -2.83. The highest BCUT2D eigenvalue weighted by Gasteiger charge is 2.25. The Labute approximate surface area is 139 Å². The van der Waals surface area contributed by atoms with E-state index in [1.807, 2.05) is 31.2 Å². The fourth-order valence-corrected chi connectivity index (χ4v) is 2.65. The van der Waals surface area contributed by atoms with E-state index in [-0.39, 0.29) is 24.1 Å². The molecule has 0 fully saturated rings. The largest absolute Gasteiger partial charge is 0.460 e. The molecule has 3 N–H and O–H groups in total. The highest BCUT2D eigenvalue weighted by atomic mass is 16.5. The number of benzene rings is 1. The van der Waals surface area contributed by atoms with Gasteiger partial charge >= 0.3 is 0 Å². The molecular weight excluding hydrogens is 308 g/mol. The maximum absolute atomic E-state index is 12.1. The van der Waals surface area contributed by atoms with Crippen molar-refractivity contribution in [3.63, 3.8) is 0 Å². The fourth-order valence-electron chi connectivity index (χ4n) is 2.65. The number of amidine groups is 1. The summed E-state index contributed by atoms with van der Waals surface area (Å²) >= 11 is 0. The minimum atomic E-state index is -0.282.